The lowest BCUT2D eigenvalue weighted by atomic mass is 10.1. The van der Waals surface area contributed by atoms with Gasteiger partial charge in [0, 0.05) is 36.2 Å². The molecule has 1 aromatic carbocycles. The van der Waals surface area contributed by atoms with E-state index in [4.69, 9.17) is 14.2 Å². The SMILES string of the molecule is COC[C@@H](C)n1c(C)cc(C(=O)COC(=O)c2cc([N+](=O)[O-])ccc2OC)c1C. The molecule has 0 saturated carbocycles. The fourth-order valence-corrected chi connectivity index (χ4v) is 3.31. The van der Waals surface area contributed by atoms with Crippen molar-refractivity contribution in [3.8, 4) is 5.75 Å². The van der Waals surface area contributed by atoms with Gasteiger partial charge < -0.3 is 18.8 Å². The van der Waals surface area contributed by atoms with E-state index in [1.807, 2.05) is 25.3 Å². The molecule has 156 valence electrons. The van der Waals surface area contributed by atoms with E-state index in [-0.39, 0.29) is 28.8 Å². The molecule has 0 spiro atoms. The topological polar surface area (TPSA) is 110 Å². The summed E-state index contributed by atoms with van der Waals surface area (Å²) < 4.78 is 17.3. The summed E-state index contributed by atoms with van der Waals surface area (Å²) in [7, 11) is 2.94. The molecule has 0 amide bonds. The molecule has 1 heterocycles. The van der Waals surface area contributed by atoms with Crippen molar-refractivity contribution in [2.75, 3.05) is 27.4 Å². The van der Waals surface area contributed by atoms with Crippen LogP contribution in [-0.4, -0.2) is 48.7 Å². The highest BCUT2D eigenvalue weighted by molar-refractivity contribution is 6.01. The Labute approximate surface area is 168 Å². The summed E-state index contributed by atoms with van der Waals surface area (Å²) in [6.45, 7) is 5.68. The van der Waals surface area contributed by atoms with Crippen LogP contribution in [0.5, 0.6) is 5.75 Å². The van der Waals surface area contributed by atoms with Crippen LogP contribution in [0.3, 0.4) is 0 Å². The molecule has 0 unspecified atom stereocenters. The van der Waals surface area contributed by atoms with Gasteiger partial charge in [0.25, 0.3) is 5.69 Å². The number of carbonyl (C=O) groups is 2. The van der Waals surface area contributed by atoms with Crippen molar-refractivity contribution >= 4 is 17.4 Å². The molecule has 0 aliphatic carbocycles. The number of benzene rings is 1. The minimum Gasteiger partial charge on any atom is -0.496 e. The fourth-order valence-electron chi connectivity index (χ4n) is 3.31. The second-order valence-electron chi connectivity index (χ2n) is 6.60. The number of nitrogens with zero attached hydrogens (tertiary/aromatic N) is 2. The second kappa shape index (κ2) is 9.33. The number of hydrogen-bond acceptors (Lipinski definition) is 7. The van der Waals surface area contributed by atoms with Gasteiger partial charge in [-0.2, -0.15) is 0 Å². The fraction of sp³-hybridized carbons (Fsp3) is 0.400. The smallest absolute Gasteiger partial charge is 0.342 e. The number of aromatic nitrogens is 1. The molecule has 9 heteroatoms. The summed E-state index contributed by atoms with van der Waals surface area (Å²) in [5, 5.41) is 10.9. The van der Waals surface area contributed by atoms with E-state index in [2.05, 4.69) is 0 Å². The number of non-ortho nitro benzene ring substituents is 1. The van der Waals surface area contributed by atoms with Crippen LogP contribution in [-0.2, 0) is 9.47 Å². The third-order valence-electron chi connectivity index (χ3n) is 4.58. The number of aryl methyl sites for hydroxylation is 1. The summed E-state index contributed by atoms with van der Waals surface area (Å²) in [5.74, 6) is -1.12. The lowest BCUT2D eigenvalue weighted by Crippen LogP contribution is -2.17. The van der Waals surface area contributed by atoms with Crippen LogP contribution in [0.25, 0.3) is 0 Å². The Bertz CT molecular complexity index is 933. The van der Waals surface area contributed by atoms with E-state index >= 15 is 0 Å². The Morgan fingerprint density at radius 3 is 2.45 bits per heavy atom. The van der Waals surface area contributed by atoms with Gasteiger partial charge >= 0.3 is 5.97 Å². The van der Waals surface area contributed by atoms with E-state index in [1.165, 1.54) is 19.2 Å². The van der Waals surface area contributed by atoms with Crippen molar-refractivity contribution in [1.29, 1.82) is 0 Å². The zero-order valence-electron chi connectivity index (χ0n) is 17.1. The molecule has 1 aromatic heterocycles. The maximum absolute atomic E-state index is 12.6. The maximum atomic E-state index is 12.6. The molecule has 2 aromatic rings. The van der Waals surface area contributed by atoms with Gasteiger partial charge in [0.1, 0.15) is 11.3 Å². The van der Waals surface area contributed by atoms with E-state index < -0.39 is 17.5 Å². The van der Waals surface area contributed by atoms with E-state index in [0.717, 1.165) is 17.5 Å². The zero-order valence-corrected chi connectivity index (χ0v) is 17.1. The Morgan fingerprint density at radius 2 is 1.86 bits per heavy atom. The van der Waals surface area contributed by atoms with Gasteiger partial charge in [-0.15, -0.1) is 0 Å². The molecular weight excluding hydrogens is 380 g/mol. The maximum Gasteiger partial charge on any atom is 0.342 e. The van der Waals surface area contributed by atoms with Crippen molar-refractivity contribution in [3.05, 3.63) is 56.9 Å². The first-order valence-corrected chi connectivity index (χ1v) is 8.91. The minimum absolute atomic E-state index is 0.0400. The summed E-state index contributed by atoms with van der Waals surface area (Å²) in [4.78, 5) is 35.3. The number of ketones is 1. The van der Waals surface area contributed by atoms with Gasteiger partial charge in [-0.3, -0.25) is 14.9 Å². The predicted octanol–water partition coefficient (Wildman–Crippen LogP) is 3.27. The Balaban J connectivity index is 2.18. The van der Waals surface area contributed by atoms with Crippen LogP contribution >= 0.6 is 0 Å². The standard InChI is InChI=1S/C20H24N2O7/c1-12-8-16(14(3)21(12)13(2)10-27-4)18(23)11-29-20(24)17-9-15(22(25)26)6-7-19(17)28-5/h6-9,13H,10-11H2,1-5H3/t13-/m1/s1. The average molecular weight is 404 g/mol. The van der Waals surface area contributed by atoms with Gasteiger partial charge in [0.15, 0.2) is 6.61 Å². The average Bonchev–Trinajstić information content (AvgIpc) is 2.99. The van der Waals surface area contributed by atoms with Gasteiger partial charge in [0.05, 0.1) is 24.7 Å². The van der Waals surface area contributed by atoms with Gasteiger partial charge in [-0.1, -0.05) is 0 Å². The third kappa shape index (κ3) is 4.80. The van der Waals surface area contributed by atoms with Gasteiger partial charge in [-0.05, 0) is 32.9 Å². The third-order valence-corrected chi connectivity index (χ3v) is 4.58. The molecule has 0 fully saturated rings. The molecule has 0 saturated heterocycles. The largest absolute Gasteiger partial charge is 0.496 e. The Morgan fingerprint density at radius 1 is 1.17 bits per heavy atom. The van der Waals surface area contributed by atoms with Gasteiger partial charge in [0.2, 0.25) is 5.78 Å². The number of nitro groups is 1. The number of carbonyl (C=O) groups excluding carboxylic acids is 2. The van der Waals surface area contributed by atoms with Crippen LogP contribution in [0.15, 0.2) is 24.3 Å². The van der Waals surface area contributed by atoms with E-state index in [9.17, 15) is 19.7 Å². The number of nitro benzene ring substituents is 1. The molecule has 2 rings (SSSR count). The molecule has 29 heavy (non-hydrogen) atoms. The number of hydrogen-bond donors (Lipinski definition) is 0. The van der Waals surface area contributed by atoms with Crippen LogP contribution in [0.4, 0.5) is 5.69 Å². The summed E-state index contributed by atoms with van der Waals surface area (Å²) in [6.07, 6.45) is 0. The molecule has 0 radical (unpaired) electrons. The first-order valence-electron chi connectivity index (χ1n) is 8.91. The normalized spacial score (nSPS) is 11.8. The van der Waals surface area contributed by atoms with Crippen LogP contribution in [0.1, 0.15) is 45.1 Å². The molecule has 0 N–H and O–H groups in total. The van der Waals surface area contributed by atoms with E-state index in [0.29, 0.717) is 12.2 Å². The zero-order chi connectivity index (χ0) is 21.7. The van der Waals surface area contributed by atoms with E-state index in [1.54, 1.807) is 13.2 Å². The van der Waals surface area contributed by atoms with Crippen molar-refractivity contribution in [3.63, 3.8) is 0 Å². The van der Waals surface area contributed by atoms with Crippen molar-refractivity contribution in [2.45, 2.75) is 26.8 Å². The minimum atomic E-state index is -0.875. The van der Waals surface area contributed by atoms with Crippen molar-refractivity contribution in [1.82, 2.24) is 4.57 Å². The number of methoxy groups -OCH3 is 2. The number of ether oxygens (including phenoxy) is 3. The predicted molar refractivity (Wildman–Crippen MR) is 105 cm³/mol. The molecule has 0 bridgehead atoms. The summed E-state index contributed by atoms with van der Waals surface area (Å²) >= 11 is 0. The molecule has 9 nitrogen and oxygen atoms in total. The Kier molecular flexibility index (Phi) is 7.11. The highest BCUT2D eigenvalue weighted by atomic mass is 16.6. The number of Topliss-reactive ketones (excluding diaryl/α,β-unsaturated/α-hetero) is 1. The summed E-state index contributed by atoms with van der Waals surface area (Å²) in [5.41, 5.74) is 1.70. The second-order valence-corrected chi connectivity index (χ2v) is 6.60. The highest BCUT2D eigenvalue weighted by Gasteiger charge is 2.22. The van der Waals surface area contributed by atoms with Crippen LogP contribution in [0, 0.1) is 24.0 Å². The first kappa shape index (κ1) is 22.1. The van der Waals surface area contributed by atoms with Crippen LogP contribution < -0.4 is 4.74 Å². The lowest BCUT2D eigenvalue weighted by molar-refractivity contribution is -0.384. The monoisotopic (exact) mass is 404 g/mol. The highest BCUT2D eigenvalue weighted by Crippen LogP contribution is 2.25. The molecular formula is C20H24N2O7. The number of rotatable bonds is 9. The molecule has 1 atom stereocenters. The molecule has 0 aliphatic rings. The number of esters is 1. The van der Waals surface area contributed by atoms with Gasteiger partial charge in [-0.25, -0.2) is 4.79 Å². The Hall–Kier alpha value is -3.20. The van der Waals surface area contributed by atoms with Crippen molar-refractivity contribution < 1.29 is 28.7 Å². The quantitative estimate of drug-likeness (QED) is 0.273. The molecule has 0 aliphatic heterocycles. The van der Waals surface area contributed by atoms with Crippen molar-refractivity contribution in [2.24, 2.45) is 0 Å². The first-order chi connectivity index (χ1) is 13.7. The lowest BCUT2D eigenvalue weighted by Gasteiger charge is -2.17. The van der Waals surface area contributed by atoms with Crippen LogP contribution in [0.2, 0.25) is 0 Å². The summed E-state index contributed by atoms with van der Waals surface area (Å²) in [6, 6.07) is 5.37.